The van der Waals surface area contributed by atoms with E-state index in [1.807, 2.05) is 0 Å². The maximum atomic E-state index is 13.4. The summed E-state index contributed by atoms with van der Waals surface area (Å²) in [6.45, 7) is 0.624. The molecule has 0 atom stereocenters. The van der Waals surface area contributed by atoms with Crippen molar-refractivity contribution in [2.24, 2.45) is 5.92 Å². The van der Waals surface area contributed by atoms with Crippen molar-refractivity contribution in [2.45, 2.75) is 24.2 Å². The third-order valence-corrected chi connectivity index (χ3v) is 4.88. The number of hydrogen-bond donors (Lipinski definition) is 0. The Hall–Kier alpha value is -1.14. The number of carbonyl (C=O) groups is 1. The van der Waals surface area contributed by atoms with Gasteiger partial charge in [0, 0.05) is 29.8 Å². The molecule has 0 saturated heterocycles. The zero-order valence-electron chi connectivity index (χ0n) is 11.0. The molecule has 7 heteroatoms. The largest absolute Gasteiger partial charge is 0.341 e. The first-order valence-corrected chi connectivity index (χ1v) is 8.59. The SMILES string of the molecule is CN(CC1CCC1)C(=O)c1ccc(F)c(S(=O)(=O)Cl)c1. The molecule has 1 aromatic rings. The summed E-state index contributed by atoms with van der Waals surface area (Å²) in [5.41, 5.74) is 0.118. The van der Waals surface area contributed by atoms with Gasteiger partial charge in [-0.1, -0.05) is 6.42 Å². The lowest BCUT2D eigenvalue weighted by Gasteiger charge is -2.30. The second-order valence-electron chi connectivity index (χ2n) is 5.07. The normalized spacial score (nSPS) is 15.8. The Morgan fingerprint density at radius 1 is 1.45 bits per heavy atom. The zero-order valence-corrected chi connectivity index (χ0v) is 12.5. The number of halogens is 2. The van der Waals surface area contributed by atoms with Crippen LogP contribution in [0.5, 0.6) is 0 Å². The monoisotopic (exact) mass is 319 g/mol. The highest BCUT2D eigenvalue weighted by atomic mass is 35.7. The number of hydrogen-bond acceptors (Lipinski definition) is 3. The van der Waals surface area contributed by atoms with Crippen molar-refractivity contribution in [1.29, 1.82) is 0 Å². The molecule has 2 rings (SSSR count). The lowest BCUT2D eigenvalue weighted by molar-refractivity contribution is 0.0745. The van der Waals surface area contributed by atoms with Gasteiger partial charge in [-0.15, -0.1) is 0 Å². The summed E-state index contributed by atoms with van der Waals surface area (Å²) in [5.74, 6) is -0.794. The van der Waals surface area contributed by atoms with Crippen molar-refractivity contribution in [1.82, 2.24) is 4.90 Å². The smallest absolute Gasteiger partial charge is 0.264 e. The molecule has 0 spiro atoms. The van der Waals surface area contributed by atoms with Crippen LogP contribution >= 0.6 is 10.7 Å². The standard InChI is InChI=1S/C13H15ClFNO3S/c1-16(8-9-3-2-4-9)13(17)10-5-6-11(15)12(7-10)20(14,18)19/h5-7,9H,2-4,8H2,1H3. The molecule has 1 fully saturated rings. The van der Waals surface area contributed by atoms with E-state index in [0.29, 0.717) is 12.5 Å². The van der Waals surface area contributed by atoms with Crippen LogP contribution in [0.15, 0.2) is 23.1 Å². The number of amides is 1. The van der Waals surface area contributed by atoms with Gasteiger partial charge in [0.1, 0.15) is 10.7 Å². The van der Waals surface area contributed by atoms with Crippen molar-refractivity contribution in [3.05, 3.63) is 29.6 Å². The van der Waals surface area contributed by atoms with Gasteiger partial charge >= 0.3 is 0 Å². The van der Waals surface area contributed by atoms with E-state index in [4.69, 9.17) is 10.7 Å². The molecule has 1 aliphatic rings. The van der Waals surface area contributed by atoms with E-state index in [1.165, 1.54) is 17.4 Å². The summed E-state index contributed by atoms with van der Waals surface area (Å²) < 4.78 is 35.9. The maximum Gasteiger partial charge on any atom is 0.264 e. The molecule has 0 radical (unpaired) electrons. The number of benzene rings is 1. The Balaban J connectivity index is 2.21. The second-order valence-corrected chi connectivity index (χ2v) is 7.60. The van der Waals surface area contributed by atoms with E-state index in [0.717, 1.165) is 25.0 Å². The van der Waals surface area contributed by atoms with Gasteiger partial charge < -0.3 is 4.90 Å². The molecular weight excluding hydrogens is 305 g/mol. The maximum absolute atomic E-state index is 13.4. The van der Waals surface area contributed by atoms with Crippen molar-refractivity contribution >= 4 is 25.6 Å². The molecule has 0 N–H and O–H groups in total. The van der Waals surface area contributed by atoms with Gasteiger partial charge in [-0.05, 0) is 37.0 Å². The van der Waals surface area contributed by atoms with Gasteiger partial charge in [0.2, 0.25) is 0 Å². The number of nitrogens with zero attached hydrogens (tertiary/aromatic N) is 1. The molecule has 0 aliphatic heterocycles. The van der Waals surface area contributed by atoms with Crippen LogP contribution in [0, 0.1) is 11.7 Å². The molecule has 0 aromatic heterocycles. The van der Waals surface area contributed by atoms with Crippen LogP contribution in [-0.2, 0) is 9.05 Å². The fourth-order valence-corrected chi connectivity index (χ4v) is 3.11. The van der Waals surface area contributed by atoms with Crippen LogP contribution in [0.4, 0.5) is 4.39 Å². The third-order valence-electron chi connectivity index (χ3n) is 3.54. The summed E-state index contributed by atoms with van der Waals surface area (Å²) in [7, 11) is 2.59. The summed E-state index contributed by atoms with van der Waals surface area (Å²) in [4.78, 5) is 13.0. The minimum Gasteiger partial charge on any atom is -0.341 e. The molecule has 1 aromatic carbocycles. The molecule has 20 heavy (non-hydrogen) atoms. The summed E-state index contributed by atoms with van der Waals surface area (Å²) in [6, 6.07) is 3.19. The van der Waals surface area contributed by atoms with Crippen molar-refractivity contribution in [3.8, 4) is 0 Å². The quantitative estimate of drug-likeness (QED) is 0.802. The first-order valence-electron chi connectivity index (χ1n) is 6.28. The van der Waals surface area contributed by atoms with Gasteiger partial charge in [0.25, 0.3) is 15.0 Å². The van der Waals surface area contributed by atoms with Crippen LogP contribution in [-0.4, -0.2) is 32.8 Å². The van der Waals surface area contributed by atoms with E-state index in [2.05, 4.69) is 0 Å². The fraction of sp³-hybridized carbons (Fsp3) is 0.462. The van der Waals surface area contributed by atoms with Gasteiger partial charge in [-0.2, -0.15) is 0 Å². The Bertz CT molecular complexity index is 629. The lowest BCUT2D eigenvalue weighted by atomic mass is 9.85. The molecular formula is C13H15ClFNO3S. The van der Waals surface area contributed by atoms with Gasteiger partial charge in [0.15, 0.2) is 0 Å². The summed E-state index contributed by atoms with van der Waals surface area (Å²) in [6.07, 6.45) is 3.38. The predicted octanol–water partition coefficient (Wildman–Crippen LogP) is 2.63. The van der Waals surface area contributed by atoms with Crippen molar-refractivity contribution in [3.63, 3.8) is 0 Å². The zero-order chi connectivity index (χ0) is 14.9. The number of carbonyl (C=O) groups excluding carboxylic acids is 1. The van der Waals surface area contributed by atoms with E-state index < -0.39 is 19.8 Å². The van der Waals surface area contributed by atoms with E-state index in [-0.39, 0.29) is 11.5 Å². The number of rotatable bonds is 4. The van der Waals surface area contributed by atoms with Crippen molar-refractivity contribution < 1.29 is 17.6 Å². The van der Waals surface area contributed by atoms with E-state index in [1.54, 1.807) is 7.05 Å². The van der Waals surface area contributed by atoms with Crippen LogP contribution in [0.3, 0.4) is 0 Å². The lowest BCUT2D eigenvalue weighted by Crippen LogP contribution is -2.34. The third kappa shape index (κ3) is 3.30. The minimum absolute atomic E-state index is 0.118. The van der Waals surface area contributed by atoms with Crippen molar-refractivity contribution in [2.75, 3.05) is 13.6 Å². The highest BCUT2D eigenvalue weighted by molar-refractivity contribution is 8.13. The Morgan fingerprint density at radius 3 is 2.60 bits per heavy atom. The van der Waals surface area contributed by atoms with E-state index in [9.17, 15) is 17.6 Å². The van der Waals surface area contributed by atoms with Crippen LogP contribution in [0.1, 0.15) is 29.6 Å². The Labute approximate surface area is 121 Å². The average Bonchev–Trinajstić information content (AvgIpc) is 2.31. The molecule has 0 heterocycles. The molecule has 0 bridgehead atoms. The minimum atomic E-state index is -4.21. The van der Waals surface area contributed by atoms with Crippen LogP contribution in [0.2, 0.25) is 0 Å². The molecule has 110 valence electrons. The molecule has 1 amide bonds. The summed E-state index contributed by atoms with van der Waals surface area (Å²) in [5, 5.41) is 0. The van der Waals surface area contributed by atoms with Crippen LogP contribution in [0.25, 0.3) is 0 Å². The predicted molar refractivity (Wildman–Crippen MR) is 73.7 cm³/mol. The second kappa shape index (κ2) is 5.69. The van der Waals surface area contributed by atoms with Gasteiger partial charge in [-0.3, -0.25) is 4.79 Å². The van der Waals surface area contributed by atoms with E-state index >= 15 is 0 Å². The Kier molecular flexibility index (Phi) is 4.34. The first-order chi connectivity index (χ1) is 9.29. The first kappa shape index (κ1) is 15.3. The Morgan fingerprint density at radius 2 is 2.10 bits per heavy atom. The fourth-order valence-electron chi connectivity index (χ4n) is 2.19. The van der Waals surface area contributed by atoms with Gasteiger partial charge in [-0.25, -0.2) is 12.8 Å². The molecule has 4 nitrogen and oxygen atoms in total. The molecule has 1 aliphatic carbocycles. The molecule has 0 unspecified atom stereocenters. The average molecular weight is 320 g/mol. The molecule has 1 saturated carbocycles. The summed E-state index contributed by atoms with van der Waals surface area (Å²) >= 11 is 0. The van der Waals surface area contributed by atoms with Crippen LogP contribution < -0.4 is 0 Å². The topological polar surface area (TPSA) is 54.5 Å². The highest BCUT2D eigenvalue weighted by Gasteiger charge is 2.24. The van der Waals surface area contributed by atoms with Gasteiger partial charge in [0.05, 0.1) is 0 Å². The highest BCUT2D eigenvalue weighted by Crippen LogP contribution is 2.27.